The molecule has 14 heavy (non-hydrogen) atoms. The largest absolute Gasteiger partial charge is 0.398 e. The molecule has 0 aliphatic carbocycles. The minimum Gasteiger partial charge on any atom is -0.398 e. The van der Waals surface area contributed by atoms with Crippen LogP contribution in [0.1, 0.15) is 5.56 Å². The van der Waals surface area contributed by atoms with E-state index in [0.717, 1.165) is 17.7 Å². The van der Waals surface area contributed by atoms with Crippen molar-refractivity contribution in [3.05, 3.63) is 42.0 Å². The summed E-state index contributed by atoms with van der Waals surface area (Å²) in [5.74, 6) is 0. The van der Waals surface area contributed by atoms with Crippen LogP contribution in [0, 0.1) is 0 Å². The Hall–Kier alpha value is -1.54. The Labute approximate surface area is 83.5 Å². The van der Waals surface area contributed by atoms with E-state index in [1.807, 2.05) is 18.2 Å². The van der Waals surface area contributed by atoms with Gasteiger partial charge in [-0.2, -0.15) is 0 Å². The minimum absolute atomic E-state index is 0.641. The van der Waals surface area contributed by atoms with Crippen molar-refractivity contribution in [1.29, 1.82) is 0 Å². The van der Waals surface area contributed by atoms with E-state index in [2.05, 4.69) is 18.2 Å². The van der Waals surface area contributed by atoms with E-state index in [4.69, 9.17) is 11.5 Å². The molecule has 0 unspecified atom stereocenters. The van der Waals surface area contributed by atoms with E-state index >= 15 is 0 Å². The normalized spacial score (nSPS) is 10.6. The van der Waals surface area contributed by atoms with Gasteiger partial charge in [-0.1, -0.05) is 24.3 Å². The molecule has 0 heterocycles. The molecule has 0 aliphatic heterocycles. The number of hydrogen-bond acceptors (Lipinski definition) is 2. The van der Waals surface area contributed by atoms with Crippen LogP contribution in [0.3, 0.4) is 0 Å². The van der Waals surface area contributed by atoms with Crippen LogP contribution in [0.2, 0.25) is 0 Å². The van der Waals surface area contributed by atoms with E-state index in [9.17, 15) is 0 Å². The zero-order valence-electron chi connectivity index (χ0n) is 8.03. The van der Waals surface area contributed by atoms with Crippen molar-refractivity contribution in [2.45, 2.75) is 6.42 Å². The molecule has 2 heteroatoms. The fraction of sp³-hybridized carbons (Fsp3) is 0.167. The van der Waals surface area contributed by atoms with Gasteiger partial charge in [0.1, 0.15) is 0 Å². The van der Waals surface area contributed by atoms with Crippen LogP contribution in [0.25, 0.3) is 10.8 Å². The first-order chi connectivity index (χ1) is 6.81. The topological polar surface area (TPSA) is 52.0 Å². The summed E-state index contributed by atoms with van der Waals surface area (Å²) in [6, 6.07) is 12.3. The average Bonchev–Trinajstić information content (AvgIpc) is 2.19. The molecule has 0 saturated carbocycles. The highest BCUT2D eigenvalue weighted by molar-refractivity contribution is 5.86. The summed E-state index contributed by atoms with van der Waals surface area (Å²) in [4.78, 5) is 0. The second-order valence-corrected chi connectivity index (χ2v) is 3.44. The summed E-state index contributed by atoms with van der Waals surface area (Å²) in [5, 5.41) is 2.41. The van der Waals surface area contributed by atoms with Gasteiger partial charge in [-0.05, 0) is 41.4 Å². The summed E-state index contributed by atoms with van der Waals surface area (Å²) >= 11 is 0. The SMILES string of the molecule is NCCc1cc2ccccc2cc1N. The molecule has 0 aliphatic rings. The highest BCUT2D eigenvalue weighted by atomic mass is 14.6. The van der Waals surface area contributed by atoms with Crippen molar-refractivity contribution < 1.29 is 0 Å². The quantitative estimate of drug-likeness (QED) is 0.704. The fourth-order valence-electron chi connectivity index (χ4n) is 1.68. The minimum atomic E-state index is 0.641. The molecule has 0 bridgehead atoms. The van der Waals surface area contributed by atoms with Crippen LogP contribution in [0.15, 0.2) is 36.4 Å². The molecule has 2 aromatic carbocycles. The summed E-state index contributed by atoms with van der Waals surface area (Å²) in [6.07, 6.45) is 0.844. The smallest absolute Gasteiger partial charge is 0.0353 e. The van der Waals surface area contributed by atoms with Gasteiger partial charge in [0.05, 0.1) is 0 Å². The van der Waals surface area contributed by atoms with Gasteiger partial charge < -0.3 is 11.5 Å². The molecule has 0 amide bonds. The van der Waals surface area contributed by atoms with Gasteiger partial charge in [0.25, 0.3) is 0 Å². The molecular formula is C12H14N2. The summed E-state index contributed by atoms with van der Waals surface area (Å²) in [5.41, 5.74) is 13.4. The Balaban J connectivity index is 2.59. The Morgan fingerprint density at radius 3 is 2.29 bits per heavy atom. The molecule has 2 rings (SSSR count). The monoisotopic (exact) mass is 186 g/mol. The molecule has 4 N–H and O–H groups in total. The standard InChI is InChI=1S/C12H14N2/c13-6-5-11-7-9-3-1-2-4-10(9)8-12(11)14/h1-4,7-8H,5-6,13-14H2. The van der Waals surface area contributed by atoms with Gasteiger partial charge in [-0.15, -0.1) is 0 Å². The number of nitrogen functional groups attached to an aromatic ring is 1. The van der Waals surface area contributed by atoms with E-state index in [1.165, 1.54) is 10.8 Å². The second kappa shape index (κ2) is 3.68. The van der Waals surface area contributed by atoms with Crippen LogP contribution >= 0.6 is 0 Å². The van der Waals surface area contributed by atoms with Crippen molar-refractivity contribution in [3.8, 4) is 0 Å². The van der Waals surface area contributed by atoms with E-state index in [1.54, 1.807) is 0 Å². The van der Waals surface area contributed by atoms with Gasteiger partial charge in [-0.25, -0.2) is 0 Å². The third-order valence-corrected chi connectivity index (χ3v) is 2.42. The first-order valence-corrected chi connectivity index (χ1v) is 4.78. The van der Waals surface area contributed by atoms with Crippen LogP contribution in [0.4, 0.5) is 5.69 Å². The van der Waals surface area contributed by atoms with Gasteiger partial charge in [0.15, 0.2) is 0 Å². The number of hydrogen-bond donors (Lipinski definition) is 2. The summed E-state index contributed by atoms with van der Waals surface area (Å²) in [7, 11) is 0. The van der Waals surface area contributed by atoms with E-state index in [0.29, 0.717) is 6.54 Å². The second-order valence-electron chi connectivity index (χ2n) is 3.44. The lowest BCUT2D eigenvalue weighted by molar-refractivity contribution is 0.973. The van der Waals surface area contributed by atoms with Crippen molar-refractivity contribution in [1.82, 2.24) is 0 Å². The molecule has 72 valence electrons. The van der Waals surface area contributed by atoms with Crippen molar-refractivity contribution in [3.63, 3.8) is 0 Å². The van der Waals surface area contributed by atoms with Crippen LogP contribution in [-0.2, 0) is 6.42 Å². The molecule has 0 fully saturated rings. The maximum absolute atomic E-state index is 5.92. The van der Waals surface area contributed by atoms with Crippen molar-refractivity contribution >= 4 is 16.5 Å². The maximum atomic E-state index is 5.92. The van der Waals surface area contributed by atoms with Crippen LogP contribution in [-0.4, -0.2) is 6.54 Å². The predicted octanol–water partition coefficient (Wildman–Crippen LogP) is 1.92. The lowest BCUT2D eigenvalue weighted by atomic mass is 10.0. The third-order valence-electron chi connectivity index (χ3n) is 2.42. The first-order valence-electron chi connectivity index (χ1n) is 4.78. The van der Waals surface area contributed by atoms with Gasteiger partial charge in [0, 0.05) is 5.69 Å². The molecule has 0 atom stereocenters. The Morgan fingerprint density at radius 1 is 1.00 bits per heavy atom. The van der Waals surface area contributed by atoms with Crippen LogP contribution < -0.4 is 11.5 Å². The van der Waals surface area contributed by atoms with E-state index in [-0.39, 0.29) is 0 Å². The van der Waals surface area contributed by atoms with Crippen molar-refractivity contribution in [2.75, 3.05) is 12.3 Å². The Kier molecular flexibility index (Phi) is 2.37. The summed E-state index contributed by atoms with van der Waals surface area (Å²) in [6.45, 7) is 0.641. The molecule has 0 aromatic heterocycles. The van der Waals surface area contributed by atoms with Gasteiger partial charge >= 0.3 is 0 Å². The van der Waals surface area contributed by atoms with E-state index < -0.39 is 0 Å². The van der Waals surface area contributed by atoms with Gasteiger partial charge in [-0.3, -0.25) is 0 Å². The zero-order chi connectivity index (χ0) is 9.97. The number of benzene rings is 2. The number of fused-ring (bicyclic) bond motifs is 1. The zero-order valence-corrected chi connectivity index (χ0v) is 8.03. The molecule has 2 nitrogen and oxygen atoms in total. The Bertz CT molecular complexity index is 449. The number of rotatable bonds is 2. The predicted molar refractivity (Wildman–Crippen MR) is 61.1 cm³/mol. The lowest BCUT2D eigenvalue weighted by Gasteiger charge is -2.06. The third kappa shape index (κ3) is 1.56. The fourth-order valence-corrected chi connectivity index (χ4v) is 1.68. The highest BCUT2D eigenvalue weighted by Gasteiger charge is 2.00. The number of anilines is 1. The number of nitrogens with two attached hydrogens (primary N) is 2. The molecule has 2 aromatic rings. The van der Waals surface area contributed by atoms with Crippen LogP contribution in [0.5, 0.6) is 0 Å². The molecule has 0 saturated heterocycles. The Morgan fingerprint density at radius 2 is 1.64 bits per heavy atom. The average molecular weight is 186 g/mol. The van der Waals surface area contributed by atoms with Crippen molar-refractivity contribution in [2.24, 2.45) is 5.73 Å². The molecular weight excluding hydrogens is 172 g/mol. The van der Waals surface area contributed by atoms with Gasteiger partial charge in [0.2, 0.25) is 0 Å². The molecule has 0 radical (unpaired) electrons. The lowest BCUT2D eigenvalue weighted by Crippen LogP contribution is -2.05. The summed E-state index contributed by atoms with van der Waals surface area (Å²) < 4.78 is 0. The highest BCUT2D eigenvalue weighted by Crippen LogP contribution is 2.21. The molecule has 0 spiro atoms. The maximum Gasteiger partial charge on any atom is 0.0353 e. The first kappa shape index (κ1) is 9.03.